The van der Waals surface area contributed by atoms with Crippen molar-refractivity contribution in [3.63, 3.8) is 0 Å². The van der Waals surface area contributed by atoms with Crippen LogP contribution >= 0.6 is 0 Å². The van der Waals surface area contributed by atoms with E-state index in [1.54, 1.807) is 19.1 Å². The molecule has 1 atom stereocenters. The molecule has 4 N–H and O–H groups in total. The number of rotatable bonds is 4. The van der Waals surface area contributed by atoms with Gasteiger partial charge in [0.25, 0.3) is 5.91 Å². The number of phenols is 1. The van der Waals surface area contributed by atoms with Gasteiger partial charge in [-0.05, 0) is 44.5 Å². The zero-order valence-corrected chi connectivity index (χ0v) is 9.66. The quantitative estimate of drug-likeness (QED) is 0.715. The van der Waals surface area contributed by atoms with Crippen molar-refractivity contribution in [1.82, 2.24) is 5.32 Å². The third-order valence-corrected chi connectivity index (χ3v) is 2.45. The second kappa shape index (κ2) is 5.51. The number of hydrogen-bond acceptors (Lipinski definition) is 3. The first-order valence-electron chi connectivity index (χ1n) is 5.35. The maximum Gasteiger partial charge on any atom is 0.251 e. The molecule has 1 unspecified atom stereocenters. The van der Waals surface area contributed by atoms with E-state index in [1.807, 2.05) is 6.92 Å². The third-order valence-electron chi connectivity index (χ3n) is 2.45. The predicted molar refractivity (Wildman–Crippen MR) is 63.4 cm³/mol. The monoisotopic (exact) mass is 222 g/mol. The van der Waals surface area contributed by atoms with Crippen molar-refractivity contribution >= 4 is 5.91 Å². The molecule has 0 aliphatic carbocycles. The molecule has 0 aliphatic heterocycles. The minimum absolute atomic E-state index is 0.0425. The van der Waals surface area contributed by atoms with E-state index in [-0.39, 0.29) is 17.7 Å². The van der Waals surface area contributed by atoms with E-state index in [1.165, 1.54) is 6.07 Å². The zero-order chi connectivity index (χ0) is 12.1. The molecule has 1 aromatic rings. The summed E-state index contributed by atoms with van der Waals surface area (Å²) in [5.74, 6) is -0.0459. The molecule has 1 amide bonds. The van der Waals surface area contributed by atoms with Gasteiger partial charge in [-0.3, -0.25) is 4.79 Å². The molecule has 0 fully saturated rings. The summed E-state index contributed by atoms with van der Waals surface area (Å²) in [6.45, 7) is 4.23. The average molecular weight is 222 g/mol. The summed E-state index contributed by atoms with van der Waals surface area (Å²) in [6, 6.07) is 4.93. The van der Waals surface area contributed by atoms with E-state index in [9.17, 15) is 9.90 Å². The van der Waals surface area contributed by atoms with E-state index in [2.05, 4.69) is 5.32 Å². The Kier molecular flexibility index (Phi) is 4.31. The highest BCUT2D eigenvalue weighted by molar-refractivity contribution is 5.94. The summed E-state index contributed by atoms with van der Waals surface area (Å²) < 4.78 is 0. The van der Waals surface area contributed by atoms with Crippen LogP contribution in [0, 0.1) is 6.92 Å². The first kappa shape index (κ1) is 12.5. The molecule has 0 saturated heterocycles. The number of carbonyl (C=O) groups is 1. The molecule has 0 saturated carbocycles. The van der Waals surface area contributed by atoms with Crippen molar-refractivity contribution < 1.29 is 9.90 Å². The number of aryl methyl sites for hydroxylation is 1. The minimum Gasteiger partial charge on any atom is -0.508 e. The lowest BCUT2D eigenvalue weighted by molar-refractivity contribution is 0.0938. The van der Waals surface area contributed by atoms with Crippen LogP contribution in [0.15, 0.2) is 18.2 Å². The van der Waals surface area contributed by atoms with Crippen molar-refractivity contribution in [2.24, 2.45) is 5.73 Å². The Morgan fingerprint density at radius 2 is 2.25 bits per heavy atom. The van der Waals surface area contributed by atoms with Crippen LogP contribution < -0.4 is 11.1 Å². The Balaban J connectivity index is 2.69. The molecule has 0 bridgehead atoms. The molecule has 4 nitrogen and oxygen atoms in total. The maximum absolute atomic E-state index is 11.7. The topological polar surface area (TPSA) is 75.4 Å². The Hall–Kier alpha value is -1.55. The zero-order valence-electron chi connectivity index (χ0n) is 9.66. The molecule has 16 heavy (non-hydrogen) atoms. The fourth-order valence-electron chi connectivity index (χ4n) is 1.38. The summed E-state index contributed by atoms with van der Waals surface area (Å²) in [6.07, 6.45) is 0.740. The van der Waals surface area contributed by atoms with Gasteiger partial charge in [0.05, 0.1) is 0 Å². The molecule has 4 heteroatoms. The van der Waals surface area contributed by atoms with Crippen LogP contribution in [0.3, 0.4) is 0 Å². The molecule has 1 rings (SSSR count). The Bertz CT molecular complexity index is 377. The SMILES string of the molecule is Cc1ccc(C(=O)NC(C)CCN)cc1O. The van der Waals surface area contributed by atoms with Gasteiger partial charge in [-0.25, -0.2) is 0 Å². The molecule has 0 aromatic heterocycles. The number of phenolic OH excluding ortho intramolecular Hbond substituents is 1. The molecular weight excluding hydrogens is 204 g/mol. The number of hydrogen-bond donors (Lipinski definition) is 3. The summed E-state index contributed by atoms with van der Waals surface area (Å²) in [5.41, 5.74) is 6.62. The highest BCUT2D eigenvalue weighted by atomic mass is 16.3. The molecule has 0 spiro atoms. The number of nitrogens with two attached hydrogens (primary N) is 1. The number of benzene rings is 1. The second-order valence-corrected chi connectivity index (χ2v) is 3.95. The number of amides is 1. The Morgan fingerprint density at radius 1 is 1.56 bits per heavy atom. The first-order chi connectivity index (χ1) is 7.54. The van der Waals surface area contributed by atoms with Crippen molar-refractivity contribution in [2.45, 2.75) is 26.3 Å². The average Bonchev–Trinajstić information content (AvgIpc) is 2.22. The smallest absolute Gasteiger partial charge is 0.251 e. The van der Waals surface area contributed by atoms with Gasteiger partial charge < -0.3 is 16.2 Å². The summed E-state index contributed by atoms with van der Waals surface area (Å²) in [7, 11) is 0. The van der Waals surface area contributed by atoms with Crippen LogP contribution in [0.5, 0.6) is 5.75 Å². The van der Waals surface area contributed by atoms with Crippen molar-refractivity contribution in [1.29, 1.82) is 0 Å². The van der Waals surface area contributed by atoms with E-state index in [0.717, 1.165) is 12.0 Å². The van der Waals surface area contributed by atoms with Gasteiger partial charge in [-0.15, -0.1) is 0 Å². The van der Waals surface area contributed by atoms with Crippen LogP contribution in [0.2, 0.25) is 0 Å². The van der Waals surface area contributed by atoms with E-state index in [4.69, 9.17) is 5.73 Å². The normalized spacial score (nSPS) is 12.2. The third kappa shape index (κ3) is 3.24. The van der Waals surface area contributed by atoms with E-state index in [0.29, 0.717) is 12.1 Å². The van der Waals surface area contributed by atoms with Crippen molar-refractivity contribution in [3.05, 3.63) is 29.3 Å². The molecule has 0 radical (unpaired) electrons. The van der Waals surface area contributed by atoms with E-state index >= 15 is 0 Å². The van der Waals surface area contributed by atoms with Gasteiger partial charge in [0, 0.05) is 11.6 Å². The summed E-state index contributed by atoms with van der Waals surface area (Å²) in [4.78, 5) is 11.7. The predicted octanol–water partition coefficient (Wildman–Crippen LogP) is 1.17. The molecule has 88 valence electrons. The maximum atomic E-state index is 11.7. The highest BCUT2D eigenvalue weighted by Crippen LogP contribution is 2.17. The lowest BCUT2D eigenvalue weighted by atomic mass is 10.1. The Morgan fingerprint density at radius 3 is 2.81 bits per heavy atom. The molecule has 0 heterocycles. The van der Waals surface area contributed by atoms with Crippen LogP contribution in [0.1, 0.15) is 29.3 Å². The lowest BCUT2D eigenvalue weighted by Crippen LogP contribution is -2.34. The van der Waals surface area contributed by atoms with Crippen molar-refractivity contribution in [3.8, 4) is 5.75 Å². The first-order valence-corrected chi connectivity index (χ1v) is 5.35. The number of nitrogens with one attached hydrogen (secondary N) is 1. The Labute approximate surface area is 95.5 Å². The molecule has 0 aliphatic rings. The summed E-state index contributed by atoms with van der Waals surface area (Å²) in [5, 5.41) is 12.3. The van der Waals surface area contributed by atoms with Crippen LogP contribution in [-0.4, -0.2) is 23.6 Å². The molecular formula is C12H18N2O2. The lowest BCUT2D eigenvalue weighted by Gasteiger charge is -2.13. The highest BCUT2D eigenvalue weighted by Gasteiger charge is 2.10. The van der Waals surface area contributed by atoms with E-state index < -0.39 is 0 Å². The fourth-order valence-corrected chi connectivity index (χ4v) is 1.38. The van der Waals surface area contributed by atoms with Crippen molar-refractivity contribution in [2.75, 3.05) is 6.54 Å². The number of carbonyl (C=O) groups excluding carboxylic acids is 1. The second-order valence-electron chi connectivity index (χ2n) is 3.95. The number of aromatic hydroxyl groups is 1. The standard InChI is InChI=1S/C12H18N2O2/c1-8-3-4-10(7-11(8)15)12(16)14-9(2)5-6-13/h3-4,7,9,15H,5-6,13H2,1-2H3,(H,14,16). The fraction of sp³-hybridized carbons (Fsp3) is 0.417. The molecule has 1 aromatic carbocycles. The van der Waals surface area contributed by atoms with Gasteiger partial charge in [0.1, 0.15) is 5.75 Å². The van der Waals surface area contributed by atoms with Gasteiger partial charge in [0.2, 0.25) is 0 Å². The van der Waals surface area contributed by atoms with Gasteiger partial charge in [0.15, 0.2) is 0 Å². The van der Waals surface area contributed by atoms with Crippen LogP contribution in [0.4, 0.5) is 0 Å². The minimum atomic E-state index is -0.184. The van der Waals surface area contributed by atoms with Crippen LogP contribution in [-0.2, 0) is 0 Å². The van der Waals surface area contributed by atoms with Gasteiger partial charge in [-0.1, -0.05) is 6.07 Å². The largest absolute Gasteiger partial charge is 0.508 e. The van der Waals surface area contributed by atoms with Crippen LogP contribution in [0.25, 0.3) is 0 Å². The summed E-state index contributed by atoms with van der Waals surface area (Å²) >= 11 is 0. The van der Waals surface area contributed by atoms with Gasteiger partial charge >= 0.3 is 0 Å². The van der Waals surface area contributed by atoms with Gasteiger partial charge in [-0.2, -0.15) is 0 Å².